The van der Waals surface area contributed by atoms with Gasteiger partial charge in [0.05, 0.1) is 10.6 Å². The van der Waals surface area contributed by atoms with E-state index in [4.69, 9.17) is 0 Å². The molecule has 1 atom stereocenters. The lowest BCUT2D eigenvalue weighted by atomic mass is 10.1. The van der Waals surface area contributed by atoms with Crippen LogP contribution in [0.1, 0.15) is 32.6 Å². The summed E-state index contributed by atoms with van der Waals surface area (Å²) in [6, 6.07) is 5.08. The molecule has 7 heteroatoms. The van der Waals surface area contributed by atoms with Gasteiger partial charge in [-0.25, -0.2) is 8.42 Å². The summed E-state index contributed by atoms with van der Waals surface area (Å²) in [4.78, 5) is 12.9. The van der Waals surface area contributed by atoms with E-state index in [2.05, 4.69) is 5.32 Å². The number of nitrogens with zero attached hydrogens (tertiary/aromatic N) is 1. The van der Waals surface area contributed by atoms with Crippen molar-refractivity contribution in [3.63, 3.8) is 0 Å². The van der Waals surface area contributed by atoms with Crippen LogP contribution in [0.5, 0.6) is 0 Å². The number of piperidine rings is 1. The fourth-order valence-corrected chi connectivity index (χ4v) is 5.59. The van der Waals surface area contributed by atoms with Gasteiger partial charge < -0.3 is 5.32 Å². The van der Waals surface area contributed by atoms with Crippen LogP contribution in [0.15, 0.2) is 28.0 Å². The first-order valence-corrected chi connectivity index (χ1v) is 9.99. The van der Waals surface area contributed by atoms with Gasteiger partial charge in [-0.1, -0.05) is 6.42 Å². The Morgan fingerprint density at radius 3 is 2.91 bits per heavy atom. The topological polar surface area (TPSA) is 66.5 Å². The molecule has 2 aliphatic rings. The van der Waals surface area contributed by atoms with Crippen molar-refractivity contribution in [2.45, 2.75) is 48.4 Å². The van der Waals surface area contributed by atoms with Crippen LogP contribution >= 0.6 is 11.8 Å². The molecule has 22 heavy (non-hydrogen) atoms. The largest absolute Gasteiger partial charge is 0.325 e. The lowest BCUT2D eigenvalue weighted by Gasteiger charge is -2.32. The summed E-state index contributed by atoms with van der Waals surface area (Å²) in [6.07, 6.45) is 3.33. The number of anilines is 1. The van der Waals surface area contributed by atoms with Crippen molar-refractivity contribution in [1.29, 1.82) is 0 Å². The van der Waals surface area contributed by atoms with Crippen molar-refractivity contribution in [3.8, 4) is 0 Å². The maximum atomic E-state index is 12.9. The van der Waals surface area contributed by atoms with E-state index < -0.39 is 10.0 Å². The number of rotatable bonds is 2. The minimum atomic E-state index is -3.50. The molecule has 2 aliphatic heterocycles. The van der Waals surface area contributed by atoms with Gasteiger partial charge in [0.25, 0.3) is 0 Å². The molecule has 0 spiro atoms. The average molecular weight is 340 g/mol. The zero-order valence-corrected chi connectivity index (χ0v) is 14.2. The number of hydrogen-bond donors (Lipinski definition) is 1. The van der Waals surface area contributed by atoms with Crippen LogP contribution in [0, 0.1) is 0 Å². The fraction of sp³-hybridized carbons (Fsp3) is 0.533. The number of hydrogen-bond acceptors (Lipinski definition) is 4. The molecule has 0 bridgehead atoms. The summed E-state index contributed by atoms with van der Waals surface area (Å²) >= 11 is 1.58. The van der Waals surface area contributed by atoms with E-state index in [1.54, 1.807) is 34.3 Å². The third-order valence-corrected chi connectivity index (χ3v) is 7.25. The maximum Gasteiger partial charge on any atom is 0.243 e. The first-order valence-electron chi connectivity index (χ1n) is 7.57. The summed E-state index contributed by atoms with van der Waals surface area (Å²) < 4.78 is 27.3. The lowest BCUT2D eigenvalue weighted by molar-refractivity contribution is -0.115. The summed E-state index contributed by atoms with van der Waals surface area (Å²) in [7, 11) is -3.50. The fourth-order valence-electron chi connectivity index (χ4n) is 2.92. The van der Waals surface area contributed by atoms with Crippen LogP contribution in [0.4, 0.5) is 5.69 Å². The van der Waals surface area contributed by atoms with Crippen LogP contribution in [0.2, 0.25) is 0 Å². The predicted molar refractivity (Wildman–Crippen MR) is 87.6 cm³/mol. The Balaban J connectivity index is 1.96. The molecule has 0 aliphatic carbocycles. The van der Waals surface area contributed by atoms with E-state index in [1.165, 1.54) is 0 Å². The second-order valence-corrected chi connectivity index (χ2v) is 8.79. The van der Waals surface area contributed by atoms with Crippen molar-refractivity contribution in [2.24, 2.45) is 0 Å². The number of sulfonamides is 1. The number of benzene rings is 1. The molecule has 1 unspecified atom stereocenters. The SMILES string of the molecule is CC1CCCCN1S(=O)(=O)c1ccc2c(c1)NC(=O)CCS2. The highest BCUT2D eigenvalue weighted by Gasteiger charge is 2.31. The molecule has 0 aromatic heterocycles. The number of carbonyl (C=O) groups is 1. The maximum absolute atomic E-state index is 12.9. The van der Waals surface area contributed by atoms with E-state index >= 15 is 0 Å². The molecule has 1 aromatic carbocycles. The van der Waals surface area contributed by atoms with Crippen molar-refractivity contribution >= 4 is 33.4 Å². The van der Waals surface area contributed by atoms with Gasteiger partial charge in [-0.05, 0) is 38.0 Å². The molecule has 2 heterocycles. The van der Waals surface area contributed by atoms with Crippen LogP contribution in [-0.4, -0.2) is 37.0 Å². The Labute approximate surface area is 135 Å². The highest BCUT2D eigenvalue weighted by atomic mass is 32.2. The summed E-state index contributed by atoms with van der Waals surface area (Å²) in [5.41, 5.74) is 0.609. The van der Waals surface area contributed by atoms with Gasteiger partial charge in [0, 0.05) is 29.7 Å². The van der Waals surface area contributed by atoms with Crippen LogP contribution in [0.25, 0.3) is 0 Å². The highest BCUT2D eigenvalue weighted by molar-refractivity contribution is 7.99. The average Bonchev–Trinajstić information content (AvgIpc) is 2.67. The van der Waals surface area contributed by atoms with Gasteiger partial charge >= 0.3 is 0 Å². The third-order valence-electron chi connectivity index (χ3n) is 4.16. The van der Waals surface area contributed by atoms with Crippen LogP contribution in [-0.2, 0) is 14.8 Å². The van der Waals surface area contributed by atoms with E-state index in [9.17, 15) is 13.2 Å². The first kappa shape index (κ1) is 15.8. The van der Waals surface area contributed by atoms with E-state index in [0.29, 0.717) is 24.4 Å². The van der Waals surface area contributed by atoms with Gasteiger partial charge in [-0.3, -0.25) is 4.79 Å². The molecule has 5 nitrogen and oxygen atoms in total. The van der Waals surface area contributed by atoms with Crippen LogP contribution in [0.3, 0.4) is 0 Å². The molecule has 1 amide bonds. The van der Waals surface area contributed by atoms with E-state index in [-0.39, 0.29) is 16.8 Å². The molecule has 1 fully saturated rings. The summed E-state index contributed by atoms with van der Waals surface area (Å²) in [5, 5.41) is 2.81. The Hall–Kier alpha value is -1.05. The van der Waals surface area contributed by atoms with Gasteiger partial charge in [0.15, 0.2) is 0 Å². The molecular weight excluding hydrogens is 320 g/mol. The van der Waals surface area contributed by atoms with Gasteiger partial charge in [0.2, 0.25) is 15.9 Å². The number of carbonyl (C=O) groups excluding carboxylic acids is 1. The molecule has 3 rings (SSSR count). The Morgan fingerprint density at radius 2 is 2.14 bits per heavy atom. The van der Waals surface area contributed by atoms with Crippen molar-refractivity contribution in [2.75, 3.05) is 17.6 Å². The molecule has 0 radical (unpaired) electrons. The van der Waals surface area contributed by atoms with Crippen molar-refractivity contribution in [3.05, 3.63) is 18.2 Å². The number of amides is 1. The number of fused-ring (bicyclic) bond motifs is 1. The van der Waals surface area contributed by atoms with Gasteiger partial charge in [0.1, 0.15) is 0 Å². The van der Waals surface area contributed by atoms with Crippen molar-refractivity contribution in [1.82, 2.24) is 4.31 Å². The number of thioether (sulfide) groups is 1. The van der Waals surface area contributed by atoms with Gasteiger partial charge in [-0.2, -0.15) is 4.31 Å². The lowest BCUT2D eigenvalue weighted by Crippen LogP contribution is -2.41. The highest BCUT2D eigenvalue weighted by Crippen LogP contribution is 2.34. The Morgan fingerprint density at radius 1 is 1.32 bits per heavy atom. The quantitative estimate of drug-likeness (QED) is 0.899. The van der Waals surface area contributed by atoms with E-state index in [1.807, 2.05) is 6.92 Å². The predicted octanol–water partition coefficient (Wildman–Crippen LogP) is 2.68. The second-order valence-electron chi connectivity index (χ2n) is 5.77. The minimum Gasteiger partial charge on any atom is -0.325 e. The summed E-state index contributed by atoms with van der Waals surface area (Å²) in [6.45, 7) is 2.53. The second kappa shape index (κ2) is 6.22. The molecule has 1 saturated heterocycles. The Bertz CT molecular complexity index is 688. The van der Waals surface area contributed by atoms with Crippen LogP contribution < -0.4 is 5.32 Å². The molecule has 1 aromatic rings. The molecule has 120 valence electrons. The molecular formula is C15H20N2O3S2. The molecule has 1 N–H and O–H groups in total. The Kier molecular flexibility index (Phi) is 4.47. The monoisotopic (exact) mass is 340 g/mol. The smallest absolute Gasteiger partial charge is 0.243 e. The standard InChI is InChI=1S/C15H20N2O3S2/c1-11-4-2-3-8-17(11)22(19,20)12-5-6-14-13(10-12)16-15(18)7-9-21-14/h5-6,10-11H,2-4,7-9H2,1H3,(H,16,18). The minimum absolute atomic E-state index is 0.0292. The van der Waals surface area contributed by atoms with E-state index in [0.717, 1.165) is 24.2 Å². The van der Waals surface area contributed by atoms with Crippen molar-refractivity contribution < 1.29 is 13.2 Å². The molecule has 0 saturated carbocycles. The van der Waals surface area contributed by atoms with Gasteiger partial charge in [-0.15, -0.1) is 11.8 Å². The number of nitrogens with one attached hydrogen (secondary N) is 1. The summed E-state index contributed by atoms with van der Waals surface area (Å²) in [5.74, 6) is 0.654. The third kappa shape index (κ3) is 3.02. The normalized spacial score (nSPS) is 23.5. The zero-order chi connectivity index (χ0) is 15.7. The first-order chi connectivity index (χ1) is 10.5. The zero-order valence-electron chi connectivity index (χ0n) is 12.5.